The quantitative estimate of drug-likeness (QED) is 0.192. The Morgan fingerprint density at radius 1 is 0.400 bits per heavy atom. The van der Waals surface area contributed by atoms with Crippen LogP contribution in [0.1, 0.15) is 16.7 Å². The average Bonchev–Trinajstić information content (AvgIpc) is 3.72. The van der Waals surface area contributed by atoms with Crippen LogP contribution in [0.5, 0.6) is 0 Å². The van der Waals surface area contributed by atoms with Gasteiger partial charge in [-0.3, -0.25) is 0 Å². The first kappa shape index (κ1) is 28.8. The largest absolute Gasteiger partial charge is 0.456 e. The monoisotopic (exact) mass is 636 g/mol. The van der Waals surface area contributed by atoms with E-state index in [9.17, 15) is 15.8 Å². The minimum Gasteiger partial charge on any atom is -0.456 e. The maximum absolute atomic E-state index is 9.76. The average molecular weight is 637 g/mol. The van der Waals surface area contributed by atoms with Crippen molar-refractivity contribution in [1.29, 1.82) is 15.8 Å². The summed E-state index contributed by atoms with van der Waals surface area (Å²) in [5.74, 6) is 0. The van der Waals surface area contributed by atoms with Crippen molar-refractivity contribution in [2.75, 3.05) is 0 Å². The normalized spacial score (nSPS) is 11.1. The van der Waals surface area contributed by atoms with E-state index >= 15 is 0 Å². The van der Waals surface area contributed by atoms with E-state index < -0.39 is 0 Å². The molecule has 9 rings (SSSR count). The third-order valence-electron chi connectivity index (χ3n) is 9.47. The summed E-state index contributed by atoms with van der Waals surface area (Å²) in [5.41, 5.74) is 12.4. The summed E-state index contributed by atoms with van der Waals surface area (Å²) in [5, 5.41) is 32.9. The van der Waals surface area contributed by atoms with Gasteiger partial charge < -0.3 is 8.98 Å². The van der Waals surface area contributed by atoms with E-state index in [0.29, 0.717) is 16.7 Å². The first-order chi connectivity index (χ1) is 24.6. The maximum Gasteiger partial charge on any atom is 0.135 e. The van der Waals surface area contributed by atoms with Crippen LogP contribution in [0.4, 0.5) is 0 Å². The number of furan rings is 1. The Balaban J connectivity index is 1.34. The zero-order valence-corrected chi connectivity index (χ0v) is 26.6. The Labute approximate surface area is 287 Å². The Morgan fingerprint density at radius 3 is 1.64 bits per heavy atom. The topological polar surface area (TPSA) is 89.4 Å². The number of hydrogen-bond donors (Lipinski definition) is 0. The number of nitriles is 3. The predicted octanol–water partition coefficient (Wildman–Crippen LogP) is 11.3. The van der Waals surface area contributed by atoms with Gasteiger partial charge in [0.05, 0.1) is 45.9 Å². The van der Waals surface area contributed by atoms with Gasteiger partial charge in [0.15, 0.2) is 0 Å². The van der Waals surface area contributed by atoms with Gasteiger partial charge in [-0.15, -0.1) is 0 Å². The molecule has 0 spiro atoms. The van der Waals surface area contributed by atoms with E-state index in [2.05, 4.69) is 71.3 Å². The lowest BCUT2D eigenvalue weighted by molar-refractivity contribution is 0.669. The molecule has 0 amide bonds. The first-order valence-electron chi connectivity index (χ1n) is 16.2. The molecule has 0 fully saturated rings. The molecule has 230 valence electrons. The highest BCUT2D eigenvalue weighted by Gasteiger charge is 2.18. The molecule has 7 aromatic carbocycles. The van der Waals surface area contributed by atoms with Gasteiger partial charge in [0, 0.05) is 27.2 Å². The fourth-order valence-corrected chi connectivity index (χ4v) is 7.12. The van der Waals surface area contributed by atoms with Crippen molar-refractivity contribution in [3.63, 3.8) is 0 Å². The minimum absolute atomic E-state index is 0.560. The highest BCUT2D eigenvalue weighted by atomic mass is 16.3. The van der Waals surface area contributed by atoms with Crippen LogP contribution in [-0.4, -0.2) is 4.57 Å². The molecule has 0 bridgehead atoms. The van der Waals surface area contributed by atoms with E-state index in [0.717, 1.165) is 82.8 Å². The highest BCUT2D eigenvalue weighted by molar-refractivity contribution is 6.10. The van der Waals surface area contributed by atoms with Crippen molar-refractivity contribution in [3.8, 4) is 57.3 Å². The molecule has 0 atom stereocenters. The van der Waals surface area contributed by atoms with Gasteiger partial charge in [-0.25, -0.2) is 0 Å². The van der Waals surface area contributed by atoms with E-state index in [1.54, 1.807) is 0 Å². The van der Waals surface area contributed by atoms with Crippen LogP contribution in [0.2, 0.25) is 0 Å². The molecule has 0 radical (unpaired) electrons. The molecule has 0 unspecified atom stereocenters. The second kappa shape index (κ2) is 11.4. The first-order valence-corrected chi connectivity index (χ1v) is 16.2. The lowest BCUT2D eigenvalue weighted by atomic mass is 9.91. The summed E-state index contributed by atoms with van der Waals surface area (Å²) in [6, 6.07) is 55.3. The Hall–Kier alpha value is -7.39. The van der Waals surface area contributed by atoms with Crippen molar-refractivity contribution in [2.24, 2.45) is 0 Å². The van der Waals surface area contributed by atoms with Gasteiger partial charge in [-0.05, 0) is 118 Å². The molecule has 0 aliphatic heterocycles. The maximum atomic E-state index is 9.76. The van der Waals surface area contributed by atoms with E-state index in [4.69, 9.17) is 4.42 Å². The van der Waals surface area contributed by atoms with Gasteiger partial charge >= 0.3 is 0 Å². The fourth-order valence-electron chi connectivity index (χ4n) is 7.12. The van der Waals surface area contributed by atoms with Gasteiger partial charge in [-0.2, -0.15) is 15.8 Å². The molecule has 0 N–H and O–H groups in total. The molecule has 0 aliphatic carbocycles. The van der Waals surface area contributed by atoms with Crippen molar-refractivity contribution in [3.05, 3.63) is 162 Å². The third kappa shape index (κ3) is 4.61. The molecule has 50 heavy (non-hydrogen) atoms. The lowest BCUT2D eigenvalue weighted by Gasteiger charge is -2.16. The smallest absolute Gasteiger partial charge is 0.135 e. The minimum atomic E-state index is 0.560. The van der Waals surface area contributed by atoms with Crippen LogP contribution in [0.3, 0.4) is 0 Å². The fraction of sp³-hybridized carbons (Fsp3) is 0. The van der Waals surface area contributed by atoms with Gasteiger partial charge in [-0.1, -0.05) is 60.7 Å². The molecule has 0 aliphatic rings. The van der Waals surface area contributed by atoms with Gasteiger partial charge in [0.2, 0.25) is 0 Å². The SMILES string of the molecule is N#Cc1ccc(-c2ccccc2-c2cc(-c3ccc4oc5ccccc5c4c3)cc(-n3c4ccc(C#N)cc4c4cc(C#N)ccc43)c2)cc1. The number of nitrogens with zero attached hydrogens (tertiary/aromatic N) is 4. The lowest BCUT2D eigenvalue weighted by Crippen LogP contribution is -1.97. The van der Waals surface area contributed by atoms with Crippen molar-refractivity contribution < 1.29 is 4.42 Å². The van der Waals surface area contributed by atoms with Crippen LogP contribution in [0.15, 0.2) is 150 Å². The van der Waals surface area contributed by atoms with E-state index in [-0.39, 0.29) is 0 Å². The number of hydrogen-bond acceptors (Lipinski definition) is 4. The number of para-hydroxylation sites is 1. The molecule has 5 heteroatoms. The molecule has 2 aromatic heterocycles. The summed E-state index contributed by atoms with van der Waals surface area (Å²) >= 11 is 0. The second-order valence-corrected chi connectivity index (χ2v) is 12.3. The molecule has 5 nitrogen and oxygen atoms in total. The van der Waals surface area contributed by atoms with E-state index in [1.807, 2.05) is 97.1 Å². The highest BCUT2D eigenvalue weighted by Crippen LogP contribution is 2.40. The van der Waals surface area contributed by atoms with E-state index in [1.165, 1.54) is 0 Å². The summed E-state index contributed by atoms with van der Waals surface area (Å²) in [4.78, 5) is 0. The van der Waals surface area contributed by atoms with Crippen molar-refractivity contribution in [1.82, 2.24) is 4.57 Å². The van der Waals surface area contributed by atoms with Crippen molar-refractivity contribution >= 4 is 43.7 Å². The zero-order valence-electron chi connectivity index (χ0n) is 26.6. The number of rotatable bonds is 4. The molecular weight excluding hydrogens is 613 g/mol. The molecule has 2 heterocycles. The zero-order chi connectivity index (χ0) is 33.8. The Morgan fingerprint density at radius 2 is 0.960 bits per heavy atom. The summed E-state index contributed by atoms with van der Waals surface area (Å²) in [6.45, 7) is 0. The standard InChI is InChI=1S/C45H24N4O/c46-25-28-9-13-31(14-10-28)36-5-1-2-6-37(36)34-21-33(32-15-18-45-41(24-32)38-7-3-4-8-44(38)50-45)22-35(23-34)49-42-16-11-29(26-47)19-39(42)40-20-30(27-48)12-17-43(40)49/h1-24H. The van der Waals surface area contributed by atoms with Crippen LogP contribution < -0.4 is 0 Å². The van der Waals surface area contributed by atoms with Crippen molar-refractivity contribution in [2.45, 2.75) is 0 Å². The second-order valence-electron chi connectivity index (χ2n) is 12.3. The number of fused-ring (bicyclic) bond motifs is 6. The summed E-state index contributed by atoms with van der Waals surface area (Å²) < 4.78 is 8.38. The Bertz CT molecular complexity index is 2890. The predicted molar refractivity (Wildman–Crippen MR) is 199 cm³/mol. The van der Waals surface area contributed by atoms with Crippen LogP contribution in [0.25, 0.3) is 82.8 Å². The summed E-state index contributed by atoms with van der Waals surface area (Å²) in [7, 11) is 0. The molecule has 9 aromatic rings. The van der Waals surface area contributed by atoms with Crippen LogP contribution in [0, 0.1) is 34.0 Å². The number of benzene rings is 7. The number of aromatic nitrogens is 1. The van der Waals surface area contributed by atoms with Crippen LogP contribution in [-0.2, 0) is 0 Å². The van der Waals surface area contributed by atoms with Crippen LogP contribution >= 0.6 is 0 Å². The Kier molecular flexibility index (Phi) is 6.56. The van der Waals surface area contributed by atoms with Gasteiger partial charge in [0.1, 0.15) is 11.2 Å². The van der Waals surface area contributed by atoms with Gasteiger partial charge in [0.25, 0.3) is 0 Å². The summed E-state index contributed by atoms with van der Waals surface area (Å²) in [6.07, 6.45) is 0. The molecule has 0 saturated carbocycles. The third-order valence-corrected chi connectivity index (χ3v) is 9.47. The molecule has 0 saturated heterocycles. The molecular formula is C45H24N4O.